The molecule has 74 valence electrons. The fourth-order valence-electron chi connectivity index (χ4n) is 1.29. The molecule has 0 spiro atoms. The molecule has 0 aliphatic carbocycles. The van der Waals surface area contributed by atoms with Gasteiger partial charge in [-0.3, -0.25) is 0 Å². The van der Waals surface area contributed by atoms with E-state index in [0.717, 1.165) is 16.9 Å². The van der Waals surface area contributed by atoms with Crippen LogP contribution < -0.4 is 5.73 Å². The van der Waals surface area contributed by atoms with Crippen molar-refractivity contribution in [1.29, 1.82) is 0 Å². The molecule has 0 bridgehead atoms. The SMILES string of the molecule is Cl.NCc1ccccc1-c1cnco1. The van der Waals surface area contributed by atoms with Crippen molar-refractivity contribution in [3.8, 4) is 11.3 Å². The largest absolute Gasteiger partial charge is 0.444 e. The molecule has 0 aliphatic rings. The van der Waals surface area contributed by atoms with E-state index in [1.807, 2.05) is 24.3 Å². The lowest BCUT2D eigenvalue weighted by Crippen LogP contribution is -1.97. The lowest BCUT2D eigenvalue weighted by Gasteiger charge is -2.02. The fourth-order valence-corrected chi connectivity index (χ4v) is 1.29. The van der Waals surface area contributed by atoms with Crippen LogP contribution in [0.5, 0.6) is 0 Å². The van der Waals surface area contributed by atoms with Crippen molar-refractivity contribution in [2.45, 2.75) is 6.54 Å². The van der Waals surface area contributed by atoms with Crippen LogP contribution in [0.15, 0.2) is 41.3 Å². The maximum absolute atomic E-state index is 5.59. The van der Waals surface area contributed by atoms with Gasteiger partial charge in [0.15, 0.2) is 12.2 Å². The second kappa shape index (κ2) is 4.79. The van der Waals surface area contributed by atoms with E-state index in [2.05, 4.69) is 4.98 Å². The van der Waals surface area contributed by atoms with Crippen LogP contribution in [0.25, 0.3) is 11.3 Å². The summed E-state index contributed by atoms with van der Waals surface area (Å²) in [6, 6.07) is 7.87. The van der Waals surface area contributed by atoms with Gasteiger partial charge in [0.2, 0.25) is 0 Å². The summed E-state index contributed by atoms with van der Waals surface area (Å²) in [5.41, 5.74) is 7.68. The Morgan fingerprint density at radius 1 is 1.29 bits per heavy atom. The summed E-state index contributed by atoms with van der Waals surface area (Å²) < 4.78 is 5.20. The van der Waals surface area contributed by atoms with E-state index in [4.69, 9.17) is 10.2 Å². The zero-order valence-corrected chi connectivity index (χ0v) is 8.33. The quantitative estimate of drug-likeness (QED) is 0.827. The third-order valence-electron chi connectivity index (χ3n) is 1.94. The molecule has 0 fully saturated rings. The molecule has 0 saturated heterocycles. The van der Waals surface area contributed by atoms with Crippen molar-refractivity contribution >= 4 is 12.4 Å². The van der Waals surface area contributed by atoms with Crippen molar-refractivity contribution in [1.82, 2.24) is 4.98 Å². The summed E-state index contributed by atoms with van der Waals surface area (Å²) >= 11 is 0. The molecule has 14 heavy (non-hydrogen) atoms. The van der Waals surface area contributed by atoms with Crippen LogP contribution in [0.1, 0.15) is 5.56 Å². The van der Waals surface area contributed by atoms with Crippen molar-refractivity contribution in [3.05, 3.63) is 42.4 Å². The number of hydrogen-bond acceptors (Lipinski definition) is 3. The highest BCUT2D eigenvalue weighted by molar-refractivity contribution is 5.85. The first-order chi connectivity index (χ1) is 6.42. The summed E-state index contributed by atoms with van der Waals surface area (Å²) in [7, 11) is 0. The van der Waals surface area contributed by atoms with E-state index in [0.29, 0.717) is 6.54 Å². The van der Waals surface area contributed by atoms with E-state index >= 15 is 0 Å². The Bertz CT molecular complexity index is 387. The van der Waals surface area contributed by atoms with Crippen LogP contribution in [0, 0.1) is 0 Å². The third kappa shape index (κ3) is 1.95. The molecule has 1 aromatic carbocycles. The molecule has 2 N–H and O–H groups in total. The summed E-state index contributed by atoms with van der Waals surface area (Å²) in [4.78, 5) is 3.87. The fraction of sp³-hybridized carbons (Fsp3) is 0.100. The number of nitrogens with zero attached hydrogens (tertiary/aromatic N) is 1. The number of rotatable bonds is 2. The highest BCUT2D eigenvalue weighted by Gasteiger charge is 2.04. The molecule has 0 radical (unpaired) electrons. The Kier molecular flexibility index (Phi) is 3.68. The van der Waals surface area contributed by atoms with Crippen LogP contribution >= 0.6 is 12.4 Å². The number of benzene rings is 1. The van der Waals surface area contributed by atoms with E-state index < -0.39 is 0 Å². The van der Waals surface area contributed by atoms with Gasteiger partial charge in [0.05, 0.1) is 6.20 Å². The van der Waals surface area contributed by atoms with Gasteiger partial charge in [0.1, 0.15) is 0 Å². The van der Waals surface area contributed by atoms with Gasteiger partial charge in [0, 0.05) is 12.1 Å². The van der Waals surface area contributed by atoms with Crippen LogP contribution in [-0.2, 0) is 6.54 Å². The standard InChI is InChI=1S/C10H10N2O.ClH/c11-5-8-3-1-2-4-9(8)10-6-12-7-13-10;/h1-4,6-7H,5,11H2;1H. The second-order valence-electron chi connectivity index (χ2n) is 2.73. The highest BCUT2D eigenvalue weighted by Crippen LogP contribution is 2.22. The van der Waals surface area contributed by atoms with E-state index in [-0.39, 0.29) is 12.4 Å². The Morgan fingerprint density at radius 2 is 2.07 bits per heavy atom. The average molecular weight is 211 g/mol. The summed E-state index contributed by atoms with van der Waals surface area (Å²) in [6.45, 7) is 0.511. The average Bonchev–Trinajstić information content (AvgIpc) is 2.70. The minimum Gasteiger partial charge on any atom is -0.444 e. The highest BCUT2D eigenvalue weighted by atomic mass is 35.5. The molecule has 1 heterocycles. The first-order valence-corrected chi connectivity index (χ1v) is 4.08. The van der Waals surface area contributed by atoms with Crippen LogP contribution in [0.4, 0.5) is 0 Å². The molecule has 0 aliphatic heterocycles. The summed E-state index contributed by atoms with van der Waals surface area (Å²) in [5.74, 6) is 0.765. The van der Waals surface area contributed by atoms with Crippen molar-refractivity contribution in [2.24, 2.45) is 5.73 Å². The van der Waals surface area contributed by atoms with Gasteiger partial charge in [-0.1, -0.05) is 24.3 Å². The predicted molar refractivity (Wildman–Crippen MR) is 57.1 cm³/mol. The Balaban J connectivity index is 0.000000980. The maximum Gasteiger partial charge on any atom is 0.181 e. The zero-order valence-electron chi connectivity index (χ0n) is 7.51. The van der Waals surface area contributed by atoms with Gasteiger partial charge in [-0.15, -0.1) is 12.4 Å². The van der Waals surface area contributed by atoms with Gasteiger partial charge in [0.25, 0.3) is 0 Å². The third-order valence-corrected chi connectivity index (χ3v) is 1.94. The smallest absolute Gasteiger partial charge is 0.181 e. The molecular weight excluding hydrogens is 200 g/mol. The first kappa shape index (κ1) is 10.8. The summed E-state index contributed by atoms with van der Waals surface area (Å²) in [6.07, 6.45) is 3.11. The zero-order chi connectivity index (χ0) is 9.10. The molecule has 2 aromatic rings. The van der Waals surface area contributed by atoms with Crippen molar-refractivity contribution in [3.63, 3.8) is 0 Å². The normalized spacial score (nSPS) is 9.50. The van der Waals surface area contributed by atoms with E-state index in [1.165, 1.54) is 6.39 Å². The number of aromatic nitrogens is 1. The lowest BCUT2D eigenvalue weighted by atomic mass is 10.1. The molecule has 1 aromatic heterocycles. The second-order valence-corrected chi connectivity index (χ2v) is 2.73. The van der Waals surface area contributed by atoms with E-state index in [9.17, 15) is 0 Å². The first-order valence-electron chi connectivity index (χ1n) is 4.08. The maximum atomic E-state index is 5.59. The molecule has 4 heteroatoms. The molecule has 0 amide bonds. The van der Waals surface area contributed by atoms with Gasteiger partial charge in [-0.25, -0.2) is 4.98 Å². The Hall–Kier alpha value is -1.32. The lowest BCUT2D eigenvalue weighted by molar-refractivity contribution is 0.571. The van der Waals surface area contributed by atoms with Crippen LogP contribution in [0.3, 0.4) is 0 Å². The molecular formula is C10H11ClN2O. The Morgan fingerprint density at radius 3 is 2.71 bits per heavy atom. The molecule has 0 atom stereocenters. The van der Waals surface area contributed by atoms with Gasteiger partial charge in [-0.05, 0) is 5.56 Å². The molecule has 0 saturated carbocycles. The number of nitrogens with two attached hydrogens (primary N) is 1. The van der Waals surface area contributed by atoms with Crippen molar-refractivity contribution < 1.29 is 4.42 Å². The van der Waals surface area contributed by atoms with E-state index in [1.54, 1.807) is 6.20 Å². The predicted octanol–water partition coefficient (Wildman–Crippen LogP) is 2.22. The van der Waals surface area contributed by atoms with Gasteiger partial charge < -0.3 is 10.2 Å². The van der Waals surface area contributed by atoms with Gasteiger partial charge in [-0.2, -0.15) is 0 Å². The summed E-state index contributed by atoms with van der Waals surface area (Å²) in [5, 5.41) is 0. The molecule has 3 nitrogen and oxygen atoms in total. The topological polar surface area (TPSA) is 52.0 Å². The van der Waals surface area contributed by atoms with Crippen molar-refractivity contribution in [2.75, 3.05) is 0 Å². The molecule has 0 unspecified atom stereocenters. The van der Waals surface area contributed by atoms with Crippen LogP contribution in [0.2, 0.25) is 0 Å². The monoisotopic (exact) mass is 210 g/mol. The Labute approximate surface area is 88.4 Å². The number of hydrogen-bond donors (Lipinski definition) is 1. The van der Waals surface area contributed by atoms with Crippen LogP contribution in [-0.4, -0.2) is 4.98 Å². The number of oxazole rings is 1. The molecule has 2 rings (SSSR count). The minimum atomic E-state index is 0. The number of halogens is 1. The van der Waals surface area contributed by atoms with Gasteiger partial charge >= 0.3 is 0 Å². The minimum absolute atomic E-state index is 0.